The van der Waals surface area contributed by atoms with Crippen molar-refractivity contribution in [3.05, 3.63) is 53.6 Å². The average Bonchev–Trinajstić information content (AvgIpc) is 3.32. The fourth-order valence-electron chi connectivity index (χ4n) is 3.85. The summed E-state index contributed by atoms with van der Waals surface area (Å²) < 4.78 is 35.9. The monoisotopic (exact) mass is 458 g/mol. The van der Waals surface area contributed by atoms with Gasteiger partial charge in [-0.3, -0.25) is 23.5 Å². The van der Waals surface area contributed by atoms with E-state index in [1.165, 1.54) is 24.1 Å². The summed E-state index contributed by atoms with van der Waals surface area (Å²) in [5, 5.41) is 0. The fourth-order valence-corrected chi connectivity index (χ4v) is 4.97. The minimum absolute atomic E-state index is 0.0291. The summed E-state index contributed by atoms with van der Waals surface area (Å²) in [4.78, 5) is 39.2. The third-order valence-electron chi connectivity index (χ3n) is 5.44. The molecule has 4 rings (SSSR count). The number of amides is 3. The Morgan fingerprint density at radius 3 is 2.28 bits per heavy atom. The Morgan fingerprint density at radius 1 is 1.00 bits per heavy atom. The number of hydrogen-bond donors (Lipinski definition) is 0. The quantitative estimate of drug-likeness (QED) is 0.339. The largest absolute Gasteiger partial charge is 0.495 e. The number of methoxy groups -OCH3 is 1. The predicted octanol–water partition coefficient (Wildman–Crippen LogP) is 2.21. The number of anilines is 1. The maximum atomic E-state index is 12.8. The first kappa shape index (κ1) is 22.0. The molecule has 0 N–H and O–H groups in total. The van der Waals surface area contributed by atoms with Crippen molar-refractivity contribution in [1.82, 2.24) is 4.90 Å². The van der Waals surface area contributed by atoms with Gasteiger partial charge in [-0.2, -0.15) is 8.42 Å². The van der Waals surface area contributed by atoms with Crippen molar-refractivity contribution < 1.29 is 31.7 Å². The zero-order valence-electron chi connectivity index (χ0n) is 17.4. The number of carbonyl (C=O) groups excluding carboxylic acids is 3. The Bertz CT molecular complexity index is 1160. The van der Waals surface area contributed by atoms with E-state index in [9.17, 15) is 22.8 Å². The molecule has 0 aromatic heterocycles. The molecule has 0 spiro atoms. The van der Waals surface area contributed by atoms with Crippen LogP contribution in [0.2, 0.25) is 0 Å². The number of imide groups is 1. The second-order valence-electron chi connectivity index (χ2n) is 7.42. The zero-order valence-corrected chi connectivity index (χ0v) is 18.3. The molecular formula is C22H22N2O7S. The molecule has 0 atom stereocenters. The smallest absolute Gasteiger partial charge is 0.300 e. The first-order valence-electron chi connectivity index (χ1n) is 10.2. The van der Waals surface area contributed by atoms with Crippen LogP contribution in [0.5, 0.6) is 5.75 Å². The van der Waals surface area contributed by atoms with Gasteiger partial charge in [0, 0.05) is 25.2 Å². The highest BCUT2D eigenvalue weighted by atomic mass is 32.2. The van der Waals surface area contributed by atoms with Gasteiger partial charge in [0.25, 0.3) is 11.8 Å². The van der Waals surface area contributed by atoms with Crippen molar-refractivity contribution in [3.8, 4) is 5.75 Å². The first-order valence-corrected chi connectivity index (χ1v) is 11.6. The van der Waals surface area contributed by atoms with Crippen molar-refractivity contribution in [2.24, 2.45) is 0 Å². The van der Waals surface area contributed by atoms with Gasteiger partial charge in [0.1, 0.15) is 10.6 Å². The van der Waals surface area contributed by atoms with Gasteiger partial charge in [-0.15, -0.1) is 0 Å². The molecule has 2 aromatic carbocycles. The SMILES string of the molecule is COc1ccc(N2CCCC2=O)cc1S(=O)(=O)OCCCN1C(=O)c2ccccc2C1=O. The molecule has 9 nitrogen and oxygen atoms in total. The van der Waals surface area contributed by atoms with Crippen LogP contribution in [0.1, 0.15) is 40.0 Å². The maximum absolute atomic E-state index is 12.8. The summed E-state index contributed by atoms with van der Waals surface area (Å²) in [6, 6.07) is 11.0. The second-order valence-corrected chi connectivity index (χ2v) is 9.01. The minimum Gasteiger partial charge on any atom is -0.495 e. The Labute approximate surface area is 185 Å². The van der Waals surface area contributed by atoms with E-state index in [0.29, 0.717) is 36.2 Å². The normalized spacial score (nSPS) is 16.1. The number of benzene rings is 2. The van der Waals surface area contributed by atoms with Crippen LogP contribution in [0, 0.1) is 0 Å². The topological polar surface area (TPSA) is 110 Å². The standard InChI is InChI=1S/C22H22N2O7S/c1-30-18-10-9-15(23-11-4-8-20(23)25)14-19(18)32(28,29)31-13-5-12-24-21(26)16-6-2-3-7-17(16)22(24)27/h2-3,6-7,9-10,14H,4-5,8,11-13H2,1H3. The molecular weight excluding hydrogens is 436 g/mol. The molecule has 0 unspecified atom stereocenters. The van der Waals surface area contributed by atoms with Gasteiger partial charge in [0.05, 0.1) is 24.8 Å². The summed E-state index contributed by atoms with van der Waals surface area (Å²) >= 11 is 0. The number of fused-ring (bicyclic) bond motifs is 1. The molecule has 0 saturated carbocycles. The van der Waals surface area contributed by atoms with Gasteiger partial charge in [-0.1, -0.05) is 12.1 Å². The average molecular weight is 458 g/mol. The van der Waals surface area contributed by atoms with Crippen LogP contribution in [0.3, 0.4) is 0 Å². The molecule has 3 amide bonds. The number of carbonyl (C=O) groups is 3. The van der Waals surface area contributed by atoms with E-state index in [1.54, 1.807) is 30.3 Å². The molecule has 168 valence electrons. The van der Waals surface area contributed by atoms with Gasteiger partial charge in [0.15, 0.2) is 0 Å². The van der Waals surface area contributed by atoms with Crippen LogP contribution in [0.4, 0.5) is 5.69 Å². The van der Waals surface area contributed by atoms with Crippen molar-refractivity contribution in [1.29, 1.82) is 0 Å². The Kier molecular flexibility index (Phi) is 5.98. The lowest BCUT2D eigenvalue weighted by atomic mass is 10.1. The van der Waals surface area contributed by atoms with Crippen LogP contribution in [-0.2, 0) is 19.1 Å². The highest BCUT2D eigenvalue weighted by molar-refractivity contribution is 7.86. The molecule has 32 heavy (non-hydrogen) atoms. The predicted molar refractivity (Wildman–Crippen MR) is 114 cm³/mol. The van der Waals surface area contributed by atoms with Crippen molar-refractivity contribution in [2.75, 3.05) is 31.7 Å². The van der Waals surface area contributed by atoms with E-state index in [0.717, 1.165) is 4.90 Å². The molecule has 2 aliphatic rings. The molecule has 2 aliphatic heterocycles. The molecule has 2 aromatic rings. The van der Waals surface area contributed by atoms with E-state index in [2.05, 4.69) is 0 Å². The first-order chi connectivity index (χ1) is 15.3. The van der Waals surface area contributed by atoms with E-state index in [1.807, 2.05) is 0 Å². The van der Waals surface area contributed by atoms with Gasteiger partial charge in [0.2, 0.25) is 5.91 Å². The van der Waals surface area contributed by atoms with Gasteiger partial charge < -0.3 is 9.64 Å². The number of ether oxygens (including phenoxy) is 1. The van der Waals surface area contributed by atoms with E-state index in [4.69, 9.17) is 8.92 Å². The van der Waals surface area contributed by atoms with Crippen molar-refractivity contribution in [2.45, 2.75) is 24.2 Å². The maximum Gasteiger partial charge on any atom is 0.300 e. The third-order valence-corrected chi connectivity index (χ3v) is 6.78. The molecule has 1 fully saturated rings. The van der Waals surface area contributed by atoms with E-state index in [-0.39, 0.29) is 36.1 Å². The Hall–Kier alpha value is -3.24. The second kappa shape index (κ2) is 8.71. The number of rotatable bonds is 8. The van der Waals surface area contributed by atoms with Crippen LogP contribution in [0.25, 0.3) is 0 Å². The van der Waals surface area contributed by atoms with E-state index < -0.39 is 21.9 Å². The Balaban J connectivity index is 1.42. The van der Waals surface area contributed by atoms with Crippen LogP contribution in [0.15, 0.2) is 47.4 Å². The molecule has 0 radical (unpaired) electrons. The summed E-state index contributed by atoms with van der Waals surface area (Å²) in [7, 11) is -2.86. The molecule has 0 aliphatic carbocycles. The van der Waals surface area contributed by atoms with Gasteiger partial charge >= 0.3 is 10.1 Å². The van der Waals surface area contributed by atoms with E-state index >= 15 is 0 Å². The summed E-state index contributed by atoms with van der Waals surface area (Å²) in [6.45, 7) is 0.318. The lowest BCUT2D eigenvalue weighted by Crippen LogP contribution is -2.31. The molecule has 2 heterocycles. The fraction of sp³-hybridized carbons (Fsp3) is 0.318. The molecule has 1 saturated heterocycles. The third kappa shape index (κ3) is 3.98. The molecule has 10 heteroatoms. The highest BCUT2D eigenvalue weighted by Gasteiger charge is 2.34. The van der Waals surface area contributed by atoms with Gasteiger partial charge in [-0.05, 0) is 43.2 Å². The van der Waals surface area contributed by atoms with Gasteiger partial charge in [-0.25, -0.2) is 0 Å². The van der Waals surface area contributed by atoms with Crippen LogP contribution >= 0.6 is 0 Å². The Morgan fingerprint density at radius 2 is 1.69 bits per heavy atom. The lowest BCUT2D eigenvalue weighted by Gasteiger charge is -2.18. The lowest BCUT2D eigenvalue weighted by molar-refractivity contribution is -0.117. The minimum atomic E-state index is -4.20. The summed E-state index contributed by atoms with van der Waals surface area (Å²) in [5.74, 6) is -0.780. The highest BCUT2D eigenvalue weighted by Crippen LogP contribution is 2.32. The number of hydrogen-bond acceptors (Lipinski definition) is 7. The molecule has 0 bridgehead atoms. The summed E-state index contributed by atoms with van der Waals surface area (Å²) in [5.41, 5.74) is 1.13. The number of nitrogens with zero attached hydrogens (tertiary/aromatic N) is 2. The van der Waals surface area contributed by atoms with Crippen molar-refractivity contribution >= 4 is 33.5 Å². The van der Waals surface area contributed by atoms with Crippen LogP contribution < -0.4 is 9.64 Å². The zero-order chi connectivity index (χ0) is 22.9. The van der Waals surface area contributed by atoms with Crippen LogP contribution in [-0.4, -0.2) is 57.8 Å². The van der Waals surface area contributed by atoms with Crippen molar-refractivity contribution in [3.63, 3.8) is 0 Å². The summed E-state index contributed by atoms with van der Waals surface area (Å²) in [6.07, 6.45) is 1.26.